The van der Waals surface area contributed by atoms with Gasteiger partial charge in [0, 0.05) is 56.0 Å². The Kier molecular flexibility index (Phi) is 24.4. The summed E-state index contributed by atoms with van der Waals surface area (Å²) in [6.45, 7) is 22.3. The van der Waals surface area contributed by atoms with Gasteiger partial charge in [-0.2, -0.15) is 0 Å². The number of nitrogens with two attached hydrogens (primary N) is 1. The molecule has 5 amide bonds. The minimum Gasteiger partial charge on any atom is -0.445 e. The van der Waals surface area contributed by atoms with E-state index in [0.29, 0.717) is 44.1 Å². The van der Waals surface area contributed by atoms with Crippen molar-refractivity contribution in [3.63, 3.8) is 0 Å². The number of carbonyl (C=O) groups is 6. The van der Waals surface area contributed by atoms with Crippen LogP contribution < -0.4 is 27.0 Å². The van der Waals surface area contributed by atoms with Crippen LogP contribution in [0.15, 0.2) is 36.4 Å². The number of ketones is 2. The van der Waals surface area contributed by atoms with Gasteiger partial charge in [-0.1, -0.05) is 79.7 Å². The fourth-order valence-corrected chi connectivity index (χ4v) is 5.37. The van der Waals surface area contributed by atoms with Crippen molar-refractivity contribution < 1.29 is 47.7 Å². The molecule has 6 N–H and O–H groups in total. The van der Waals surface area contributed by atoms with Crippen molar-refractivity contribution >= 4 is 41.2 Å². The van der Waals surface area contributed by atoms with Gasteiger partial charge in [0.2, 0.25) is 11.8 Å². The number of urea groups is 1. The number of Topliss-reactive ketones (excluding diaryl/α,β-unsaturated/α-hetero) is 2. The van der Waals surface area contributed by atoms with Gasteiger partial charge in [-0.15, -0.1) is 0 Å². The molecule has 0 fully saturated rings. The number of anilines is 1. The van der Waals surface area contributed by atoms with Gasteiger partial charge < -0.3 is 45.9 Å². The third kappa shape index (κ3) is 23.8. The summed E-state index contributed by atoms with van der Waals surface area (Å²) in [6, 6.07) is 5.21. The number of ether oxygens (including phenoxy) is 4. The third-order valence-electron chi connectivity index (χ3n) is 9.27. The topological polar surface area (TPSA) is 213 Å². The molecule has 0 spiro atoms. The lowest BCUT2D eigenvalue weighted by molar-refractivity contribution is -0.131. The molecule has 0 aliphatic heterocycles. The standard InChI is InChI=1S/C43H71N5O10/c1-30(2)38(48-37(51)19-24-56-23-18-36(50)43(7,8)9)35(49)28-33(13-10-20-45-40(44)53)39(52)47-34-16-14-32(15-17-34)29-58-41(54)46-21-25-57-27-26-55-22-11-12-31(3)42(4,5)6/h14-17,30,33,38H,3,10-13,18-29H2,1-2,4-9H3,(H,46,54)(H,47,52)(H,48,51)(H3,44,45,53)/t33-,38+/m0/s1. The predicted octanol–water partition coefficient (Wildman–Crippen LogP) is 5.84. The van der Waals surface area contributed by atoms with Crippen molar-refractivity contribution in [3.8, 4) is 0 Å². The van der Waals surface area contributed by atoms with E-state index in [9.17, 15) is 28.8 Å². The number of alkyl carbamates (subject to hydrolysis) is 1. The first-order chi connectivity index (χ1) is 27.2. The average Bonchev–Trinajstić information content (AvgIpc) is 3.13. The number of primary amides is 1. The number of benzene rings is 1. The molecule has 1 aromatic rings. The first kappa shape index (κ1) is 51.7. The molecular formula is C43H71N5O10. The lowest BCUT2D eigenvalue weighted by Gasteiger charge is -2.24. The van der Waals surface area contributed by atoms with Crippen LogP contribution in [0.5, 0.6) is 0 Å². The average molecular weight is 818 g/mol. The molecule has 58 heavy (non-hydrogen) atoms. The van der Waals surface area contributed by atoms with Crippen LogP contribution in [0.4, 0.5) is 15.3 Å². The van der Waals surface area contributed by atoms with Gasteiger partial charge in [0.05, 0.1) is 39.1 Å². The van der Waals surface area contributed by atoms with Gasteiger partial charge in [0.1, 0.15) is 12.4 Å². The van der Waals surface area contributed by atoms with E-state index in [1.54, 1.807) is 38.1 Å². The summed E-state index contributed by atoms with van der Waals surface area (Å²) in [5.74, 6) is -2.04. The predicted molar refractivity (Wildman–Crippen MR) is 224 cm³/mol. The highest BCUT2D eigenvalue weighted by Gasteiger charge is 2.29. The highest BCUT2D eigenvalue weighted by molar-refractivity contribution is 5.97. The summed E-state index contributed by atoms with van der Waals surface area (Å²) in [5.41, 5.74) is 7.19. The maximum Gasteiger partial charge on any atom is 0.407 e. The van der Waals surface area contributed by atoms with E-state index in [1.807, 2.05) is 20.8 Å². The van der Waals surface area contributed by atoms with E-state index in [1.165, 1.54) is 5.57 Å². The van der Waals surface area contributed by atoms with E-state index < -0.39 is 35.4 Å². The Hall–Kier alpha value is -4.34. The fraction of sp³-hybridized carbons (Fsp3) is 0.674. The summed E-state index contributed by atoms with van der Waals surface area (Å²) in [7, 11) is 0. The van der Waals surface area contributed by atoms with Crippen molar-refractivity contribution in [1.29, 1.82) is 0 Å². The second-order valence-corrected chi connectivity index (χ2v) is 16.7. The molecule has 1 aromatic carbocycles. The van der Waals surface area contributed by atoms with Crippen LogP contribution in [0.2, 0.25) is 0 Å². The van der Waals surface area contributed by atoms with Crippen LogP contribution in [0, 0.1) is 22.7 Å². The first-order valence-electron chi connectivity index (χ1n) is 20.3. The molecule has 1 rings (SSSR count). The van der Waals surface area contributed by atoms with E-state index in [-0.39, 0.29) is 87.4 Å². The highest BCUT2D eigenvalue weighted by Crippen LogP contribution is 2.27. The molecule has 0 aromatic heterocycles. The quantitative estimate of drug-likeness (QED) is 0.0481. The molecular weight excluding hydrogens is 746 g/mol. The number of allylic oxidation sites excluding steroid dienone is 1. The number of amides is 5. The van der Waals surface area contributed by atoms with E-state index in [2.05, 4.69) is 48.6 Å². The van der Waals surface area contributed by atoms with Gasteiger partial charge in [-0.25, -0.2) is 9.59 Å². The van der Waals surface area contributed by atoms with E-state index in [0.717, 1.165) is 12.8 Å². The number of hydrogen-bond acceptors (Lipinski definition) is 10. The summed E-state index contributed by atoms with van der Waals surface area (Å²) < 4.78 is 21.9. The first-order valence-corrected chi connectivity index (χ1v) is 20.3. The summed E-state index contributed by atoms with van der Waals surface area (Å²) in [6.07, 6.45) is 2.01. The minimum atomic E-state index is -0.836. The van der Waals surface area contributed by atoms with Crippen molar-refractivity contribution in [2.45, 2.75) is 113 Å². The molecule has 0 unspecified atom stereocenters. The monoisotopic (exact) mass is 818 g/mol. The van der Waals surface area contributed by atoms with Crippen LogP contribution in [0.1, 0.15) is 106 Å². The zero-order chi connectivity index (χ0) is 43.7. The van der Waals surface area contributed by atoms with Crippen LogP contribution >= 0.6 is 0 Å². The molecule has 0 aliphatic carbocycles. The van der Waals surface area contributed by atoms with Gasteiger partial charge in [-0.3, -0.25) is 19.2 Å². The van der Waals surface area contributed by atoms with Gasteiger partial charge in [0.15, 0.2) is 5.78 Å². The molecule has 328 valence electrons. The molecule has 0 radical (unpaired) electrons. The Balaban J connectivity index is 2.58. The molecule has 15 nitrogen and oxygen atoms in total. The SMILES string of the molecule is C=C(CCCOCCOCCNC(=O)OCc1ccc(NC(=O)[C@@H](CCCNC(N)=O)CC(=O)[C@H](NC(=O)CCOCCC(=O)C(C)(C)C)C(C)C)cc1)C(C)(C)C. The van der Waals surface area contributed by atoms with Crippen LogP contribution in [0.25, 0.3) is 0 Å². The molecule has 0 bridgehead atoms. The van der Waals surface area contributed by atoms with Crippen molar-refractivity contribution in [2.24, 2.45) is 28.4 Å². The molecule has 15 heteroatoms. The third-order valence-corrected chi connectivity index (χ3v) is 9.27. The smallest absolute Gasteiger partial charge is 0.407 e. The molecule has 0 saturated heterocycles. The van der Waals surface area contributed by atoms with Crippen molar-refractivity contribution in [1.82, 2.24) is 16.0 Å². The highest BCUT2D eigenvalue weighted by atomic mass is 16.5. The normalized spacial score (nSPS) is 12.6. The van der Waals surface area contributed by atoms with Gasteiger partial charge in [0.25, 0.3) is 0 Å². The maximum absolute atomic E-state index is 13.5. The zero-order valence-corrected chi connectivity index (χ0v) is 36.2. The van der Waals surface area contributed by atoms with Crippen molar-refractivity contribution in [2.75, 3.05) is 58.0 Å². The Morgan fingerprint density at radius 3 is 1.97 bits per heavy atom. The molecule has 0 aliphatic rings. The molecule has 2 atom stereocenters. The van der Waals surface area contributed by atoms with Crippen LogP contribution in [-0.4, -0.2) is 94.3 Å². The summed E-state index contributed by atoms with van der Waals surface area (Å²) in [5, 5.41) is 10.8. The fourth-order valence-electron chi connectivity index (χ4n) is 5.37. The lowest BCUT2D eigenvalue weighted by Crippen LogP contribution is -2.45. The molecule has 0 saturated carbocycles. The summed E-state index contributed by atoms with van der Waals surface area (Å²) in [4.78, 5) is 75.2. The lowest BCUT2D eigenvalue weighted by atomic mass is 9.85. The molecule has 0 heterocycles. The number of rotatable bonds is 29. The van der Waals surface area contributed by atoms with E-state index in [4.69, 9.17) is 24.7 Å². The number of nitrogens with one attached hydrogen (secondary N) is 4. The number of hydrogen-bond donors (Lipinski definition) is 5. The maximum atomic E-state index is 13.5. The summed E-state index contributed by atoms with van der Waals surface area (Å²) >= 11 is 0. The van der Waals surface area contributed by atoms with Gasteiger partial charge in [-0.05, 0) is 54.7 Å². The van der Waals surface area contributed by atoms with Crippen LogP contribution in [0.3, 0.4) is 0 Å². The second kappa shape index (κ2) is 27.4. The van der Waals surface area contributed by atoms with Crippen molar-refractivity contribution in [3.05, 3.63) is 42.0 Å². The number of carbonyl (C=O) groups excluding carboxylic acids is 6. The minimum absolute atomic E-state index is 0.00565. The second-order valence-electron chi connectivity index (χ2n) is 16.7. The van der Waals surface area contributed by atoms with Crippen LogP contribution in [-0.2, 0) is 44.7 Å². The Bertz CT molecular complexity index is 1450. The Morgan fingerprint density at radius 1 is 0.741 bits per heavy atom. The Morgan fingerprint density at radius 2 is 1.36 bits per heavy atom. The largest absolute Gasteiger partial charge is 0.445 e. The zero-order valence-electron chi connectivity index (χ0n) is 36.2. The van der Waals surface area contributed by atoms with Gasteiger partial charge >= 0.3 is 12.1 Å². The Labute approximate surface area is 345 Å². The van der Waals surface area contributed by atoms with E-state index >= 15 is 0 Å².